The van der Waals surface area contributed by atoms with Crippen molar-refractivity contribution in [3.63, 3.8) is 0 Å². The van der Waals surface area contributed by atoms with Gasteiger partial charge in [0.2, 0.25) is 12.0 Å². The molecular weight excluding hydrogens is 218 g/mol. The number of hydrogen-bond acceptors (Lipinski definition) is 4. The van der Waals surface area contributed by atoms with Crippen molar-refractivity contribution < 1.29 is 14.3 Å². The van der Waals surface area contributed by atoms with E-state index in [1.165, 1.54) is 0 Å². The first-order valence-corrected chi connectivity index (χ1v) is 4.88. The molecule has 1 heterocycles. The molecule has 0 aliphatic carbocycles. The molecule has 0 aromatic heterocycles. The van der Waals surface area contributed by atoms with E-state index in [-0.39, 0.29) is 6.79 Å². The third kappa shape index (κ3) is 2.06. The van der Waals surface area contributed by atoms with E-state index < -0.39 is 11.3 Å². The molecule has 15 heavy (non-hydrogen) atoms. The van der Waals surface area contributed by atoms with Gasteiger partial charge in [0.25, 0.3) is 0 Å². The van der Waals surface area contributed by atoms with Crippen molar-refractivity contribution in [1.29, 1.82) is 0 Å². The number of fused-ring (bicyclic) bond motifs is 1. The van der Waals surface area contributed by atoms with Gasteiger partial charge in [0.1, 0.15) is 0 Å². The minimum Gasteiger partial charge on any atom is -0.454 e. The van der Waals surface area contributed by atoms with Crippen molar-refractivity contribution in [3.05, 3.63) is 23.8 Å². The largest absolute Gasteiger partial charge is 0.454 e. The molecule has 1 atom stereocenters. The predicted molar refractivity (Wildman–Crippen MR) is 55.1 cm³/mol. The van der Waals surface area contributed by atoms with Crippen molar-refractivity contribution in [2.45, 2.75) is 12.5 Å². The van der Waals surface area contributed by atoms with Gasteiger partial charge in [-0.3, -0.25) is 4.79 Å². The van der Waals surface area contributed by atoms with E-state index in [0.29, 0.717) is 17.9 Å². The summed E-state index contributed by atoms with van der Waals surface area (Å²) in [5.74, 6) is 1.34. The molecule has 0 fully saturated rings. The maximum atomic E-state index is 10.8. The van der Waals surface area contributed by atoms with Crippen LogP contribution in [0.5, 0.6) is 11.5 Å². The molecule has 0 spiro atoms. The van der Waals surface area contributed by atoms with E-state index >= 15 is 0 Å². The van der Waals surface area contributed by atoms with Crippen LogP contribution in [0, 0.1) is 0 Å². The zero-order chi connectivity index (χ0) is 10.8. The average molecular weight is 228 g/mol. The van der Waals surface area contributed by atoms with Gasteiger partial charge in [-0.25, -0.2) is 0 Å². The number of rotatable bonds is 3. The Morgan fingerprint density at radius 2 is 2.33 bits per heavy atom. The molecule has 4 nitrogen and oxygen atoms in total. The molecule has 1 aliphatic rings. The summed E-state index contributed by atoms with van der Waals surface area (Å²) in [6.45, 7) is 0.205. The summed E-state index contributed by atoms with van der Waals surface area (Å²) in [4.78, 5) is 10.8. The Bertz CT molecular complexity index is 394. The smallest absolute Gasteiger partial charge is 0.238 e. The first-order valence-electron chi connectivity index (χ1n) is 4.51. The topological polar surface area (TPSA) is 61.6 Å². The maximum absolute atomic E-state index is 10.8. The van der Waals surface area contributed by atoms with Crippen LogP contribution in [-0.4, -0.2) is 18.1 Å². The van der Waals surface area contributed by atoms with Gasteiger partial charge in [0, 0.05) is 5.56 Å². The molecule has 0 radical (unpaired) electrons. The first kappa shape index (κ1) is 10.3. The zero-order valence-electron chi connectivity index (χ0n) is 7.90. The fraction of sp³-hybridized carbons (Fsp3) is 0.300. The molecule has 0 amide bonds. The molecule has 0 bridgehead atoms. The summed E-state index contributed by atoms with van der Waals surface area (Å²) in [6.07, 6.45) is 0.356. The molecule has 0 saturated carbocycles. The summed E-state index contributed by atoms with van der Waals surface area (Å²) < 4.78 is 10.5. The molecule has 2 N–H and O–H groups in total. The number of hydrogen-bond donors (Lipinski definition) is 1. The molecule has 5 heteroatoms. The van der Waals surface area contributed by atoms with Crippen LogP contribution in [-0.2, 0) is 11.2 Å². The third-order valence-electron chi connectivity index (χ3n) is 2.21. The minimum absolute atomic E-state index is 0.205. The van der Waals surface area contributed by atoms with Crippen molar-refractivity contribution >= 4 is 16.8 Å². The quantitative estimate of drug-likeness (QED) is 0.785. The van der Waals surface area contributed by atoms with Crippen molar-refractivity contribution in [2.24, 2.45) is 5.73 Å². The number of ether oxygens (including phenoxy) is 2. The predicted octanol–water partition coefficient (Wildman–Crippen LogP) is 1.05. The van der Waals surface area contributed by atoms with Crippen molar-refractivity contribution in [2.75, 3.05) is 6.79 Å². The van der Waals surface area contributed by atoms with Crippen LogP contribution < -0.4 is 15.2 Å². The molecule has 1 aliphatic heterocycles. The van der Waals surface area contributed by atoms with Crippen LogP contribution in [0.4, 0.5) is 0 Å². The van der Waals surface area contributed by atoms with Gasteiger partial charge in [-0.05, 0) is 24.1 Å². The lowest BCUT2D eigenvalue weighted by molar-refractivity contribution is -0.112. The molecular formula is C10H10ClNO3. The second kappa shape index (κ2) is 4.08. The van der Waals surface area contributed by atoms with E-state index in [4.69, 9.17) is 26.8 Å². The van der Waals surface area contributed by atoms with Gasteiger partial charge < -0.3 is 15.2 Å². The number of carbonyl (C=O) groups is 1. The van der Waals surface area contributed by atoms with Crippen molar-refractivity contribution in [3.8, 4) is 11.5 Å². The van der Waals surface area contributed by atoms with Crippen LogP contribution in [0.1, 0.15) is 5.56 Å². The van der Waals surface area contributed by atoms with Crippen LogP contribution in [0.25, 0.3) is 0 Å². The lowest BCUT2D eigenvalue weighted by atomic mass is 10.1. The second-order valence-corrected chi connectivity index (χ2v) is 3.64. The van der Waals surface area contributed by atoms with Gasteiger partial charge in [0.05, 0.1) is 6.04 Å². The number of para-hydroxylation sites is 1. The van der Waals surface area contributed by atoms with Gasteiger partial charge in [0.15, 0.2) is 11.5 Å². The van der Waals surface area contributed by atoms with E-state index in [0.717, 1.165) is 5.56 Å². The Labute approximate surface area is 91.9 Å². The van der Waals surface area contributed by atoms with E-state index in [9.17, 15) is 4.79 Å². The summed E-state index contributed by atoms with van der Waals surface area (Å²) >= 11 is 5.29. The van der Waals surface area contributed by atoms with Crippen molar-refractivity contribution in [1.82, 2.24) is 0 Å². The fourth-order valence-electron chi connectivity index (χ4n) is 1.47. The SMILES string of the molecule is N[C@@H](Cc1cccc2c1OCO2)C(=O)Cl. The zero-order valence-corrected chi connectivity index (χ0v) is 8.66. The first-order chi connectivity index (χ1) is 7.18. The monoisotopic (exact) mass is 227 g/mol. The molecule has 0 unspecified atom stereocenters. The number of halogens is 1. The Balaban J connectivity index is 2.22. The Morgan fingerprint density at radius 1 is 1.53 bits per heavy atom. The van der Waals surface area contributed by atoms with Gasteiger partial charge >= 0.3 is 0 Å². The summed E-state index contributed by atoms with van der Waals surface area (Å²) in [5.41, 5.74) is 6.40. The standard InChI is InChI=1S/C10H10ClNO3/c11-10(13)7(12)4-6-2-1-3-8-9(6)15-5-14-8/h1-3,7H,4-5,12H2/t7-/m0/s1. The van der Waals surface area contributed by atoms with Gasteiger partial charge in [-0.15, -0.1) is 0 Å². The highest BCUT2D eigenvalue weighted by molar-refractivity contribution is 6.64. The fourth-order valence-corrected chi connectivity index (χ4v) is 1.55. The molecule has 2 rings (SSSR count). The highest BCUT2D eigenvalue weighted by atomic mass is 35.5. The van der Waals surface area contributed by atoms with Gasteiger partial charge in [-0.2, -0.15) is 0 Å². The van der Waals surface area contributed by atoms with Crippen LogP contribution in [0.3, 0.4) is 0 Å². The Kier molecular flexibility index (Phi) is 2.79. The van der Waals surface area contributed by atoms with E-state index in [2.05, 4.69) is 0 Å². The van der Waals surface area contributed by atoms with E-state index in [1.807, 2.05) is 12.1 Å². The normalized spacial score (nSPS) is 15.1. The molecule has 1 aromatic rings. The Morgan fingerprint density at radius 3 is 3.07 bits per heavy atom. The second-order valence-electron chi connectivity index (χ2n) is 3.27. The van der Waals surface area contributed by atoms with Crippen LogP contribution in [0.2, 0.25) is 0 Å². The maximum Gasteiger partial charge on any atom is 0.238 e. The molecule has 0 saturated heterocycles. The lowest BCUT2D eigenvalue weighted by Gasteiger charge is -2.08. The highest BCUT2D eigenvalue weighted by Gasteiger charge is 2.20. The van der Waals surface area contributed by atoms with Crippen LogP contribution in [0.15, 0.2) is 18.2 Å². The summed E-state index contributed by atoms with van der Waals surface area (Å²) in [6, 6.07) is 4.77. The highest BCUT2D eigenvalue weighted by Crippen LogP contribution is 2.35. The average Bonchev–Trinajstić information content (AvgIpc) is 2.66. The molecule has 80 valence electrons. The lowest BCUT2D eigenvalue weighted by Crippen LogP contribution is -2.29. The summed E-state index contributed by atoms with van der Waals surface area (Å²) in [7, 11) is 0. The van der Waals surface area contributed by atoms with E-state index in [1.54, 1.807) is 6.07 Å². The number of nitrogens with two attached hydrogens (primary N) is 1. The number of benzene rings is 1. The Hall–Kier alpha value is -1.26. The minimum atomic E-state index is -0.706. The van der Waals surface area contributed by atoms with Crippen LogP contribution >= 0.6 is 11.6 Å². The third-order valence-corrected chi connectivity index (χ3v) is 2.49. The van der Waals surface area contributed by atoms with Gasteiger partial charge in [-0.1, -0.05) is 12.1 Å². The molecule has 1 aromatic carbocycles. The summed E-state index contributed by atoms with van der Waals surface area (Å²) in [5, 5.41) is -0.550. The number of carbonyl (C=O) groups excluding carboxylic acids is 1.